The lowest BCUT2D eigenvalue weighted by Gasteiger charge is -2.13. The van der Waals surface area contributed by atoms with Gasteiger partial charge >= 0.3 is 6.36 Å². The zero-order valence-electron chi connectivity index (χ0n) is 12.3. The van der Waals surface area contributed by atoms with Gasteiger partial charge in [-0.15, -0.1) is 13.2 Å². The molecule has 0 aliphatic heterocycles. The molecule has 0 amide bonds. The Bertz CT molecular complexity index is 684. The van der Waals surface area contributed by atoms with Crippen molar-refractivity contribution in [1.29, 1.82) is 0 Å². The van der Waals surface area contributed by atoms with E-state index < -0.39 is 6.36 Å². The van der Waals surface area contributed by atoms with Crippen molar-refractivity contribution < 1.29 is 17.9 Å². The van der Waals surface area contributed by atoms with Crippen LogP contribution >= 0.6 is 0 Å². The van der Waals surface area contributed by atoms with Gasteiger partial charge in [0.1, 0.15) is 5.75 Å². The van der Waals surface area contributed by atoms with E-state index in [-0.39, 0.29) is 11.7 Å². The third-order valence-electron chi connectivity index (χ3n) is 3.45. The van der Waals surface area contributed by atoms with E-state index in [4.69, 9.17) is 0 Å². The number of hydrogen-bond donors (Lipinski definition) is 2. The van der Waals surface area contributed by atoms with E-state index in [0.717, 1.165) is 24.0 Å². The first-order valence-corrected chi connectivity index (χ1v) is 7.11. The van der Waals surface area contributed by atoms with Crippen molar-refractivity contribution >= 4 is 5.82 Å². The summed E-state index contributed by atoms with van der Waals surface area (Å²) in [5.74, 6) is 0.601. The van der Waals surface area contributed by atoms with Crippen molar-refractivity contribution in [1.82, 2.24) is 15.4 Å². The number of hydrogen-bond acceptors (Lipinski definition) is 5. The van der Waals surface area contributed by atoms with Crippen LogP contribution in [0.4, 0.5) is 19.0 Å². The second kappa shape index (κ2) is 6.04. The van der Waals surface area contributed by atoms with Crippen LogP contribution in [0.2, 0.25) is 0 Å². The van der Waals surface area contributed by atoms with Crippen molar-refractivity contribution in [2.45, 2.75) is 25.1 Å². The molecule has 0 saturated heterocycles. The number of nitrogens with one attached hydrogen (secondary N) is 2. The minimum atomic E-state index is -4.69. The minimum Gasteiger partial charge on any atom is -0.406 e. The minimum absolute atomic E-state index is 0.204. The number of ether oxygens (including phenoxy) is 1. The van der Waals surface area contributed by atoms with Crippen LogP contribution in [0, 0.1) is 0 Å². The monoisotopic (exact) mass is 324 g/mol. The zero-order valence-corrected chi connectivity index (χ0v) is 12.3. The first kappa shape index (κ1) is 15.5. The van der Waals surface area contributed by atoms with Crippen LogP contribution in [0.5, 0.6) is 5.75 Å². The van der Waals surface area contributed by atoms with Gasteiger partial charge < -0.3 is 10.2 Å². The number of halogens is 3. The molecule has 8 heteroatoms. The molecule has 23 heavy (non-hydrogen) atoms. The number of aromatic nitrogens is 2. The van der Waals surface area contributed by atoms with Gasteiger partial charge in [0.15, 0.2) is 5.82 Å². The summed E-state index contributed by atoms with van der Waals surface area (Å²) >= 11 is 0. The molecule has 2 aromatic rings. The summed E-state index contributed by atoms with van der Waals surface area (Å²) in [6.45, 7) is 0. The maximum atomic E-state index is 12.4. The van der Waals surface area contributed by atoms with E-state index in [1.54, 1.807) is 25.5 Å². The van der Waals surface area contributed by atoms with E-state index >= 15 is 0 Å². The summed E-state index contributed by atoms with van der Waals surface area (Å²) in [7, 11) is 1.71. The molecular weight excluding hydrogens is 309 g/mol. The standard InChI is InChI=1S/C15H15F3N4O/c1-19-22-14-8-20-13(7-21-14)11-5-4-10(23-15(16,17)18)6-12(11)9-2-3-9/h4-9,19H,2-3H2,1H3,(H,21,22). The maximum Gasteiger partial charge on any atom is 0.573 e. The smallest absolute Gasteiger partial charge is 0.406 e. The first-order valence-electron chi connectivity index (χ1n) is 7.11. The van der Waals surface area contributed by atoms with Crippen molar-refractivity contribution in [2.24, 2.45) is 0 Å². The average molecular weight is 324 g/mol. The molecule has 0 spiro atoms. The Kier molecular flexibility index (Phi) is 4.08. The number of nitrogens with zero attached hydrogens (tertiary/aromatic N) is 2. The Morgan fingerprint density at radius 3 is 2.52 bits per heavy atom. The molecular formula is C15H15F3N4O. The number of alkyl halides is 3. The lowest BCUT2D eigenvalue weighted by Crippen LogP contribution is -2.17. The average Bonchev–Trinajstić information content (AvgIpc) is 3.31. The van der Waals surface area contributed by atoms with Crippen LogP contribution in [0.1, 0.15) is 24.3 Å². The summed E-state index contributed by atoms with van der Waals surface area (Å²) in [4.78, 5) is 8.51. The van der Waals surface area contributed by atoms with Crippen LogP contribution in [-0.2, 0) is 0 Å². The Morgan fingerprint density at radius 1 is 1.17 bits per heavy atom. The number of hydrazine groups is 1. The van der Waals surface area contributed by atoms with Crippen LogP contribution in [0.3, 0.4) is 0 Å². The Labute approximate surface area is 130 Å². The molecule has 0 atom stereocenters. The summed E-state index contributed by atoms with van der Waals surface area (Å²) in [6.07, 6.45) is 0.362. The SMILES string of the molecule is CNNc1cnc(-c2ccc(OC(F)(F)F)cc2C2CC2)cn1. The highest BCUT2D eigenvalue weighted by Gasteiger charge is 2.33. The van der Waals surface area contributed by atoms with Gasteiger partial charge in [0.25, 0.3) is 0 Å². The summed E-state index contributed by atoms with van der Waals surface area (Å²) in [5.41, 5.74) is 7.75. The van der Waals surface area contributed by atoms with Crippen LogP contribution < -0.4 is 15.6 Å². The third-order valence-corrected chi connectivity index (χ3v) is 3.45. The highest BCUT2D eigenvalue weighted by molar-refractivity contribution is 5.66. The molecule has 2 N–H and O–H groups in total. The van der Waals surface area contributed by atoms with E-state index in [0.29, 0.717) is 11.5 Å². The number of rotatable bonds is 5. The molecule has 0 unspecified atom stereocenters. The van der Waals surface area contributed by atoms with Crippen LogP contribution in [-0.4, -0.2) is 23.4 Å². The molecule has 1 saturated carbocycles. The van der Waals surface area contributed by atoms with Gasteiger partial charge in [-0.2, -0.15) is 0 Å². The molecule has 1 aromatic heterocycles. The van der Waals surface area contributed by atoms with E-state index in [1.165, 1.54) is 12.1 Å². The van der Waals surface area contributed by atoms with Gasteiger partial charge in [-0.25, -0.2) is 10.4 Å². The summed E-state index contributed by atoms with van der Waals surface area (Å²) < 4.78 is 41.1. The van der Waals surface area contributed by atoms with Gasteiger partial charge in [0.2, 0.25) is 0 Å². The van der Waals surface area contributed by atoms with Gasteiger partial charge in [-0.1, -0.05) is 0 Å². The molecule has 122 valence electrons. The zero-order chi connectivity index (χ0) is 16.4. The van der Waals surface area contributed by atoms with Gasteiger partial charge in [-0.05, 0) is 42.5 Å². The van der Waals surface area contributed by atoms with E-state index in [2.05, 4.69) is 25.6 Å². The molecule has 1 heterocycles. The first-order chi connectivity index (χ1) is 11.0. The Balaban J connectivity index is 1.92. The van der Waals surface area contributed by atoms with Crippen molar-refractivity contribution in [2.75, 3.05) is 12.5 Å². The lowest BCUT2D eigenvalue weighted by molar-refractivity contribution is -0.274. The molecule has 1 aliphatic carbocycles. The third kappa shape index (κ3) is 3.89. The summed E-state index contributed by atoms with van der Waals surface area (Å²) in [5, 5.41) is 0. The van der Waals surface area contributed by atoms with E-state index in [9.17, 15) is 13.2 Å². The molecule has 1 aromatic carbocycles. The van der Waals surface area contributed by atoms with Crippen molar-refractivity contribution in [3.63, 3.8) is 0 Å². The van der Waals surface area contributed by atoms with Gasteiger partial charge in [-0.3, -0.25) is 4.98 Å². The van der Waals surface area contributed by atoms with Crippen LogP contribution in [0.25, 0.3) is 11.3 Å². The van der Waals surface area contributed by atoms with Crippen molar-refractivity contribution in [3.8, 4) is 17.0 Å². The highest BCUT2D eigenvalue weighted by Crippen LogP contribution is 2.45. The predicted molar refractivity (Wildman–Crippen MR) is 78.8 cm³/mol. The fourth-order valence-electron chi connectivity index (χ4n) is 2.36. The maximum absolute atomic E-state index is 12.4. The second-order valence-corrected chi connectivity index (χ2v) is 5.23. The molecule has 0 bridgehead atoms. The van der Waals surface area contributed by atoms with Gasteiger partial charge in [0.05, 0.1) is 18.1 Å². The highest BCUT2D eigenvalue weighted by atomic mass is 19.4. The Morgan fingerprint density at radius 2 is 1.96 bits per heavy atom. The quantitative estimate of drug-likeness (QED) is 0.825. The largest absolute Gasteiger partial charge is 0.573 e. The number of benzene rings is 1. The molecule has 3 rings (SSSR count). The Hall–Kier alpha value is -2.35. The fourth-order valence-corrected chi connectivity index (χ4v) is 2.36. The normalized spacial score (nSPS) is 14.6. The second-order valence-electron chi connectivity index (χ2n) is 5.23. The lowest BCUT2D eigenvalue weighted by atomic mass is 10.0. The predicted octanol–water partition coefficient (Wildman–Crippen LogP) is 3.47. The number of anilines is 1. The summed E-state index contributed by atoms with van der Waals surface area (Å²) in [6, 6.07) is 4.35. The molecule has 5 nitrogen and oxygen atoms in total. The van der Waals surface area contributed by atoms with Crippen molar-refractivity contribution in [3.05, 3.63) is 36.2 Å². The van der Waals surface area contributed by atoms with Gasteiger partial charge in [0, 0.05) is 12.6 Å². The fraction of sp³-hybridized carbons (Fsp3) is 0.333. The van der Waals surface area contributed by atoms with Crippen LogP contribution in [0.15, 0.2) is 30.6 Å². The molecule has 0 radical (unpaired) electrons. The molecule has 1 aliphatic rings. The van der Waals surface area contributed by atoms with E-state index in [1.807, 2.05) is 0 Å². The molecule has 1 fully saturated rings. The topological polar surface area (TPSA) is 59.1 Å².